The molecule has 0 saturated carbocycles. The highest BCUT2D eigenvalue weighted by Gasteiger charge is 2.30. The summed E-state index contributed by atoms with van der Waals surface area (Å²) in [6.45, 7) is 5.70. The summed E-state index contributed by atoms with van der Waals surface area (Å²) < 4.78 is 12.9. The minimum absolute atomic E-state index is 0.0234. The fraction of sp³-hybridized carbons (Fsp3) is 0.355. The molecule has 3 heterocycles. The van der Waals surface area contributed by atoms with Gasteiger partial charge in [-0.1, -0.05) is 29.5 Å². The maximum Gasteiger partial charge on any atom is 0.254 e. The smallest absolute Gasteiger partial charge is 0.254 e. The number of aryl methyl sites for hydroxylation is 1. The van der Waals surface area contributed by atoms with Crippen molar-refractivity contribution in [2.75, 3.05) is 32.5 Å². The first kappa shape index (κ1) is 28.5. The van der Waals surface area contributed by atoms with Crippen molar-refractivity contribution < 1.29 is 18.7 Å². The molecular formula is C31H35N5O4S. The fourth-order valence-corrected chi connectivity index (χ4v) is 5.89. The average molecular weight is 574 g/mol. The van der Waals surface area contributed by atoms with E-state index in [1.54, 1.807) is 25.1 Å². The van der Waals surface area contributed by atoms with Gasteiger partial charge in [0.05, 0.1) is 19.1 Å². The largest absolute Gasteiger partial charge is 0.497 e. The van der Waals surface area contributed by atoms with Gasteiger partial charge in [0.2, 0.25) is 11.7 Å². The topological polar surface area (TPSA) is 93.7 Å². The lowest BCUT2D eigenvalue weighted by Gasteiger charge is -2.40. The Kier molecular flexibility index (Phi) is 9.08. The summed E-state index contributed by atoms with van der Waals surface area (Å²) in [7, 11) is 1.64. The van der Waals surface area contributed by atoms with Gasteiger partial charge in [-0.05, 0) is 75.2 Å². The van der Waals surface area contributed by atoms with Gasteiger partial charge in [0.1, 0.15) is 5.75 Å². The van der Waals surface area contributed by atoms with Crippen molar-refractivity contribution in [1.82, 2.24) is 24.6 Å². The number of carbonyl (C=O) groups is 2. The molecule has 1 atom stereocenters. The highest BCUT2D eigenvalue weighted by molar-refractivity contribution is 7.99. The Balaban J connectivity index is 1.12. The molecule has 1 aliphatic heterocycles. The number of hydrogen-bond donors (Lipinski definition) is 0. The van der Waals surface area contributed by atoms with Crippen LogP contribution in [0.1, 0.15) is 42.1 Å². The van der Waals surface area contributed by atoms with E-state index in [9.17, 15) is 9.59 Å². The van der Waals surface area contributed by atoms with Crippen molar-refractivity contribution in [3.63, 3.8) is 0 Å². The Hall–Kier alpha value is -4.05. The molecule has 1 unspecified atom stereocenters. The number of amides is 2. The molecule has 10 heteroatoms. The highest BCUT2D eigenvalue weighted by Crippen LogP contribution is 2.29. The van der Waals surface area contributed by atoms with Crippen LogP contribution in [-0.4, -0.2) is 74.9 Å². The average Bonchev–Trinajstić information content (AvgIpc) is 3.67. The molecule has 5 rings (SSSR count). The van der Waals surface area contributed by atoms with Crippen LogP contribution >= 0.6 is 11.8 Å². The van der Waals surface area contributed by atoms with Crippen LogP contribution in [0.4, 0.5) is 0 Å². The van der Waals surface area contributed by atoms with E-state index in [4.69, 9.17) is 9.15 Å². The van der Waals surface area contributed by atoms with Crippen molar-refractivity contribution in [2.24, 2.45) is 0 Å². The summed E-state index contributed by atoms with van der Waals surface area (Å²) in [6, 6.07) is 19.1. The number of ether oxygens (including phenoxy) is 1. The number of aromatic nitrogens is 3. The molecule has 0 N–H and O–H groups in total. The summed E-state index contributed by atoms with van der Waals surface area (Å²) in [5, 5.41) is 9.58. The lowest BCUT2D eigenvalue weighted by atomic mass is 10.1. The Labute approximate surface area is 244 Å². The van der Waals surface area contributed by atoms with Gasteiger partial charge in [0, 0.05) is 43.4 Å². The molecule has 2 amide bonds. The number of hydrogen-bond acceptors (Lipinski definition) is 7. The maximum absolute atomic E-state index is 13.0. The van der Waals surface area contributed by atoms with Crippen LogP contribution in [0.2, 0.25) is 0 Å². The second-order valence-corrected chi connectivity index (χ2v) is 11.2. The minimum atomic E-state index is -0.0234. The van der Waals surface area contributed by atoms with Crippen molar-refractivity contribution in [3.05, 3.63) is 78.1 Å². The second-order valence-electron chi connectivity index (χ2n) is 10.2. The van der Waals surface area contributed by atoms with Crippen molar-refractivity contribution in [1.29, 1.82) is 0 Å². The number of piperazine rings is 1. The maximum atomic E-state index is 13.0. The zero-order chi connectivity index (χ0) is 28.8. The molecule has 0 spiro atoms. The van der Waals surface area contributed by atoms with Gasteiger partial charge in [0.25, 0.3) is 5.91 Å². The Morgan fingerprint density at radius 1 is 1.02 bits per heavy atom. The molecule has 1 fully saturated rings. The van der Waals surface area contributed by atoms with Gasteiger partial charge in [-0.25, -0.2) is 0 Å². The number of unbranched alkanes of at least 4 members (excludes halogenated alkanes) is 1. The second kappa shape index (κ2) is 13.1. The molecule has 1 saturated heterocycles. The highest BCUT2D eigenvalue weighted by atomic mass is 32.2. The molecule has 41 heavy (non-hydrogen) atoms. The molecule has 9 nitrogen and oxygen atoms in total. The molecule has 0 aliphatic carbocycles. The zero-order valence-corrected chi connectivity index (χ0v) is 24.5. The quantitative estimate of drug-likeness (QED) is 0.183. The van der Waals surface area contributed by atoms with Crippen molar-refractivity contribution >= 4 is 23.6 Å². The van der Waals surface area contributed by atoms with Gasteiger partial charge in [-0.15, -0.1) is 10.2 Å². The number of methoxy groups -OCH3 is 1. The molecule has 0 bridgehead atoms. The van der Waals surface area contributed by atoms with E-state index in [-0.39, 0.29) is 17.9 Å². The number of nitrogens with zero attached hydrogens (tertiary/aromatic N) is 5. The van der Waals surface area contributed by atoms with E-state index in [0.717, 1.165) is 40.8 Å². The molecule has 0 radical (unpaired) electrons. The third-order valence-electron chi connectivity index (χ3n) is 7.26. The van der Waals surface area contributed by atoms with E-state index in [0.29, 0.717) is 43.2 Å². The molecule has 2 aromatic carbocycles. The Morgan fingerprint density at radius 2 is 1.80 bits per heavy atom. The van der Waals surface area contributed by atoms with Crippen LogP contribution in [0.15, 0.2) is 76.5 Å². The first-order valence-corrected chi connectivity index (χ1v) is 14.8. The number of thioether (sulfide) groups is 1. The first-order valence-electron chi connectivity index (χ1n) is 13.9. The predicted molar refractivity (Wildman–Crippen MR) is 158 cm³/mol. The number of benzene rings is 2. The number of rotatable bonds is 10. The molecule has 214 valence electrons. The van der Waals surface area contributed by atoms with Crippen LogP contribution in [0.5, 0.6) is 5.75 Å². The zero-order valence-electron chi connectivity index (χ0n) is 23.7. The van der Waals surface area contributed by atoms with Crippen molar-refractivity contribution in [2.45, 2.75) is 44.3 Å². The minimum Gasteiger partial charge on any atom is -0.497 e. The standard InChI is InChI=1S/C31H35N5O4S/c1-22-9-11-24(12-10-22)30(38)35-18-17-34(21-23(35)2)28(37)8-4-5-20-41-31-33-32-29(27-7-6-19-40-27)36(31)25-13-15-26(39-3)16-14-25/h6-7,9-16,19,23H,4-5,8,17-18,20-21H2,1-3H3. The van der Waals surface area contributed by atoms with Crippen LogP contribution < -0.4 is 4.74 Å². The van der Waals surface area contributed by atoms with Gasteiger partial charge in [-0.2, -0.15) is 0 Å². The number of carbonyl (C=O) groups excluding carboxylic acids is 2. The van der Waals surface area contributed by atoms with Crippen molar-refractivity contribution in [3.8, 4) is 23.0 Å². The number of furan rings is 1. The van der Waals surface area contributed by atoms with E-state index in [2.05, 4.69) is 10.2 Å². The molecule has 1 aliphatic rings. The molecular weight excluding hydrogens is 538 g/mol. The van der Waals surface area contributed by atoms with Gasteiger partial charge in [-0.3, -0.25) is 14.2 Å². The molecule has 2 aromatic heterocycles. The fourth-order valence-electron chi connectivity index (χ4n) is 4.94. The van der Waals surface area contributed by atoms with E-state index in [1.807, 2.05) is 88.9 Å². The van der Waals surface area contributed by atoms with E-state index >= 15 is 0 Å². The monoisotopic (exact) mass is 573 g/mol. The third-order valence-corrected chi connectivity index (χ3v) is 8.28. The third kappa shape index (κ3) is 6.65. The normalized spacial score (nSPS) is 15.2. The van der Waals surface area contributed by atoms with Crippen LogP contribution in [0, 0.1) is 6.92 Å². The lowest BCUT2D eigenvalue weighted by Crippen LogP contribution is -2.55. The van der Waals surface area contributed by atoms with Crippen LogP contribution in [-0.2, 0) is 4.79 Å². The summed E-state index contributed by atoms with van der Waals surface area (Å²) >= 11 is 1.61. The summed E-state index contributed by atoms with van der Waals surface area (Å²) in [5.41, 5.74) is 2.73. The Morgan fingerprint density at radius 3 is 2.49 bits per heavy atom. The SMILES string of the molecule is COc1ccc(-n2c(SCCCCC(=O)N3CCN(C(=O)c4ccc(C)cc4)C(C)C3)nnc2-c2ccco2)cc1. The summed E-state index contributed by atoms with van der Waals surface area (Å²) in [5.74, 6) is 3.02. The van der Waals surface area contributed by atoms with Crippen LogP contribution in [0.3, 0.4) is 0 Å². The van der Waals surface area contributed by atoms with Gasteiger partial charge >= 0.3 is 0 Å². The van der Waals surface area contributed by atoms with Gasteiger partial charge in [0.15, 0.2) is 10.9 Å². The predicted octanol–water partition coefficient (Wildman–Crippen LogP) is 5.48. The first-order chi connectivity index (χ1) is 19.9. The van der Waals surface area contributed by atoms with Gasteiger partial charge < -0.3 is 19.0 Å². The Bertz CT molecular complexity index is 1450. The van der Waals surface area contributed by atoms with E-state index in [1.165, 1.54) is 0 Å². The van der Waals surface area contributed by atoms with E-state index < -0.39 is 0 Å². The summed E-state index contributed by atoms with van der Waals surface area (Å²) in [4.78, 5) is 29.7. The summed E-state index contributed by atoms with van der Waals surface area (Å²) in [6.07, 6.45) is 3.75. The van der Waals surface area contributed by atoms with Crippen LogP contribution in [0.25, 0.3) is 17.3 Å². The molecule has 4 aromatic rings. The lowest BCUT2D eigenvalue weighted by molar-refractivity contribution is -0.133.